The Bertz CT molecular complexity index is 3840. The minimum absolute atomic E-state index is 0.178. The fraction of sp³-hybridized carbons (Fsp3) is 0.182. The lowest BCUT2D eigenvalue weighted by atomic mass is 9.50. The van der Waals surface area contributed by atoms with Gasteiger partial charge in [0, 0.05) is 44.7 Å². The van der Waals surface area contributed by atoms with Gasteiger partial charge in [-0.2, -0.15) is 0 Å². The lowest BCUT2D eigenvalue weighted by Crippen LogP contribution is -2.59. The van der Waals surface area contributed by atoms with Gasteiger partial charge in [-0.15, -0.1) is 16.4 Å². The predicted octanol–water partition coefficient (Wildman–Crippen LogP) is 10.3. The highest BCUT2D eigenvalue weighted by Crippen LogP contribution is 2.70. The van der Waals surface area contributed by atoms with Gasteiger partial charge in [-0.05, 0) is 147 Å². The average molecular weight is 924 g/mol. The van der Waals surface area contributed by atoms with E-state index in [1.165, 1.54) is 83.6 Å². The molecule has 14 rings (SSSR count). The van der Waals surface area contributed by atoms with Crippen molar-refractivity contribution in [2.75, 3.05) is 9.80 Å². The normalized spacial score (nSPS) is 24.7. The van der Waals surface area contributed by atoms with Gasteiger partial charge < -0.3 is 9.80 Å². The molecule has 5 atom stereocenters. The SMILES string of the molecule is [B]c1c([B])c([B])c(N(c2ccccc2)c2ccc3c(c2)C2(c4ccccc4-3)c3ccccc3-c3ccc(N4c5ccccc5C5(C)C=CC(C)C6=C5C4(C)C=C4C(C)(C)c5ccccc5C46C)cc32)c([B])c1[B]. The molecule has 8 aromatic rings. The molecule has 10 radical (unpaired) electrons. The maximum Gasteiger partial charge on any atom is 0.115 e. The lowest BCUT2D eigenvalue weighted by Gasteiger charge is -2.61. The zero-order valence-electron chi connectivity index (χ0n) is 42.2. The van der Waals surface area contributed by atoms with Gasteiger partial charge in [0.1, 0.15) is 39.2 Å². The number of benzene rings is 8. The Morgan fingerprint density at radius 2 is 1.00 bits per heavy atom. The van der Waals surface area contributed by atoms with E-state index in [1.807, 2.05) is 30.3 Å². The van der Waals surface area contributed by atoms with Gasteiger partial charge in [0.15, 0.2) is 0 Å². The summed E-state index contributed by atoms with van der Waals surface area (Å²) in [6, 6.07) is 60.5. The number of hydrogen-bond donors (Lipinski definition) is 0. The Kier molecular flexibility index (Phi) is 9.03. The lowest BCUT2D eigenvalue weighted by molar-refractivity contribution is 0.415. The largest absolute Gasteiger partial charge is 0.328 e. The fourth-order valence-corrected chi connectivity index (χ4v) is 15.5. The van der Waals surface area contributed by atoms with Crippen LogP contribution in [0.4, 0.5) is 28.4 Å². The summed E-state index contributed by atoms with van der Waals surface area (Å²) >= 11 is 0. The number of rotatable bonds is 4. The van der Waals surface area contributed by atoms with E-state index in [2.05, 4.69) is 203 Å². The minimum atomic E-state index is -0.710. The molecule has 338 valence electrons. The first kappa shape index (κ1) is 44.6. The molecule has 5 unspecified atom stereocenters. The van der Waals surface area contributed by atoms with E-state index < -0.39 is 11.0 Å². The van der Waals surface area contributed by atoms with Crippen LogP contribution in [-0.2, 0) is 21.7 Å². The Labute approximate surface area is 437 Å². The molecule has 73 heavy (non-hydrogen) atoms. The standard InChI is InChI=1S/C66H49B5N2/c1-37-32-33-63(4)49-26-16-17-27-52(49)73(64(5)36-53-62(2,3)47-24-14-15-25-48(47)65(53,6)54(37)61(63)64)40-29-31-44-42-21-11-13-23-46(42)66(51(44)35-40)45-22-12-10-20-41(45)43-30-28-39(34-50(43)66)72(38-18-8-7-9-19-38)60-58(70)56(68)55(67)57(69)59(60)71/h7-37H,1-6H3. The number of allylic oxidation sites excluding steroid dienone is 4. The molecule has 0 fully saturated rings. The van der Waals surface area contributed by atoms with Crippen molar-refractivity contribution in [3.05, 3.63) is 238 Å². The van der Waals surface area contributed by atoms with Crippen molar-refractivity contribution >= 4 is 95.0 Å². The third-order valence-electron chi connectivity index (χ3n) is 18.4. The van der Waals surface area contributed by atoms with Crippen LogP contribution in [0.3, 0.4) is 0 Å². The highest BCUT2D eigenvalue weighted by molar-refractivity contribution is 6.69. The summed E-state index contributed by atoms with van der Waals surface area (Å²) in [4.78, 5) is 4.78. The molecule has 1 heterocycles. The Morgan fingerprint density at radius 3 is 1.66 bits per heavy atom. The van der Waals surface area contributed by atoms with Crippen molar-refractivity contribution in [2.24, 2.45) is 5.92 Å². The molecule has 0 bridgehead atoms. The second kappa shape index (κ2) is 14.8. The first-order valence-electron chi connectivity index (χ1n) is 25.6. The van der Waals surface area contributed by atoms with E-state index in [-0.39, 0.29) is 49.5 Å². The van der Waals surface area contributed by atoms with Gasteiger partial charge in [-0.1, -0.05) is 171 Å². The van der Waals surface area contributed by atoms with Crippen LogP contribution in [0.2, 0.25) is 0 Å². The van der Waals surface area contributed by atoms with Crippen molar-refractivity contribution in [2.45, 2.75) is 68.7 Å². The van der Waals surface area contributed by atoms with Crippen LogP contribution < -0.4 is 37.1 Å². The Balaban J connectivity index is 1.05. The molecular formula is C66H49B5N2. The predicted molar refractivity (Wildman–Crippen MR) is 309 cm³/mol. The van der Waals surface area contributed by atoms with Gasteiger partial charge >= 0.3 is 0 Å². The van der Waals surface area contributed by atoms with Crippen molar-refractivity contribution in [1.29, 1.82) is 0 Å². The summed E-state index contributed by atoms with van der Waals surface area (Å²) in [7, 11) is 33.6. The van der Waals surface area contributed by atoms with Crippen LogP contribution in [0.25, 0.3) is 22.3 Å². The Morgan fingerprint density at radius 1 is 0.479 bits per heavy atom. The quantitative estimate of drug-likeness (QED) is 0.128. The van der Waals surface area contributed by atoms with E-state index in [0.717, 1.165) is 17.1 Å². The molecule has 0 saturated carbocycles. The monoisotopic (exact) mass is 924 g/mol. The number of hydrogen-bond acceptors (Lipinski definition) is 2. The zero-order chi connectivity index (χ0) is 50.3. The second-order valence-electron chi connectivity index (χ2n) is 22.4. The second-order valence-corrected chi connectivity index (χ2v) is 22.4. The number of anilines is 5. The smallest absolute Gasteiger partial charge is 0.115 e. The highest BCUT2D eigenvalue weighted by atomic mass is 15.2. The van der Waals surface area contributed by atoms with E-state index in [1.54, 1.807) is 0 Å². The van der Waals surface area contributed by atoms with E-state index in [9.17, 15) is 0 Å². The fourth-order valence-electron chi connectivity index (χ4n) is 15.5. The van der Waals surface area contributed by atoms with Crippen LogP contribution in [0.1, 0.15) is 80.5 Å². The van der Waals surface area contributed by atoms with Crippen LogP contribution in [0.15, 0.2) is 199 Å². The molecule has 0 saturated heterocycles. The van der Waals surface area contributed by atoms with Crippen molar-refractivity contribution in [3.63, 3.8) is 0 Å². The molecule has 6 aliphatic rings. The zero-order valence-corrected chi connectivity index (χ0v) is 42.2. The summed E-state index contributed by atoms with van der Waals surface area (Å²) in [5.74, 6) is 0.228. The third-order valence-corrected chi connectivity index (χ3v) is 18.4. The van der Waals surface area contributed by atoms with Crippen molar-refractivity contribution in [3.8, 4) is 22.3 Å². The average Bonchev–Trinajstić information content (AvgIpc) is 3.97. The molecule has 0 amide bonds. The number of fused-ring (bicyclic) bond motifs is 16. The molecule has 0 N–H and O–H groups in total. The van der Waals surface area contributed by atoms with Gasteiger partial charge in [0.2, 0.25) is 0 Å². The topological polar surface area (TPSA) is 6.48 Å². The van der Waals surface area contributed by atoms with Gasteiger partial charge in [-0.25, -0.2) is 0 Å². The molecule has 7 heteroatoms. The third kappa shape index (κ3) is 5.31. The maximum absolute atomic E-state index is 6.95. The summed E-state index contributed by atoms with van der Waals surface area (Å²) < 4.78 is 0. The van der Waals surface area contributed by atoms with E-state index in [0.29, 0.717) is 5.69 Å². The summed E-state index contributed by atoms with van der Waals surface area (Å²) in [6.45, 7) is 14.8. The molecule has 2 nitrogen and oxygen atoms in total. The van der Waals surface area contributed by atoms with E-state index in [4.69, 9.17) is 39.2 Å². The highest BCUT2D eigenvalue weighted by Gasteiger charge is 2.63. The molecule has 0 aromatic heterocycles. The van der Waals surface area contributed by atoms with Crippen LogP contribution in [0, 0.1) is 5.92 Å². The summed E-state index contributed by atoms with van der Waals surface area (Å²) in [5, 5.41) is 0. The van der Waals surface area contributed by atoms with E-state index >= 15 is 0 Å². The van der Waals surface area contributed by atoms with Crippen molar-refractivity contribution in [1.82, 2.24) is 0 Å². The minimum Gasteiger partial charge on any atom is -0.328 e. The van der Waals surface area contributed by atoms with Crippen molar-refractivity contribution < 1.29 is 0 Å². The van der Waals surface area contributed by atoms with Crippen LogP contribution in [-0.4, -0.2) is 44.8 Å². The summed E-state index contributed by atoms with van der Waals surface area (Å²) in [5.41, 5.74) is 22.0. The van der Waals surface area contributed by atoms with Gasteiger partial charge in [0.05, 0.1) is 11.0 Å². The number of para-hydroxylation sites is 2. The molecular weight excluding hydrogens is 875 g/mol. The molecule has 5 aliphatic carbocycles. The first-order valence-corrected chi connectivity index (χ1v) is 25.6. The van der Waals surface area contributed by atoms with Gasteiger partial charge in [-0.3, -0.25) is 0 Å². The first-order chi connectivity index (χ1) is 35.1. The number of nitrogens with zero attached hydrogens (tertiary/aromatic N) is 2. The van der Waals surface area contributed by atoms with Crippen LogP contribution >= 0.6 is 0 Å². The Hall–Kier alpha value is -7.10. The van der Waals surface area contributed by atoms with Crippen LogP contribution in [0.5, 0.6) is 0 Å². The maximum atomic E-state index is 6.95. The molecule has 1 aliphatic heterocycles. The molecule has 8 aromatic carbocycles. The van der Waals surface area contributed by atoms with Gasteiger partial charge in [0.25, 0.3) is 0 Å². The molecule has 1 spiro atoms. The summed E-state index contributed by atoms with van der Waals surface area (Å²) in [6.07, 6.45) is 7.71.